The van der Waals surface area contributed by atoms with Crippen LogP contribution in [0.5, 0.6) is 0 Å². The highest BCUT2D eigenvalue weighted by molar-refractivity contribution is 9.10. The van der Waals surface area contributed by atoms with Crippen molar-refractivity contribution in [1.82, 2.24) is 14.9 Å². The highest BCUT2D eigenvalue weighted by Crippen LogP contribution is 2.29. The number of hydrogen-bond donors (Lipinski definition) is 1. The second-order valence-corrected chi connectivity index (χ2v) is 6.22. The summed E-state index contributed by atoms with van der Waals surface area (Å²) in [6.45, 7) is 7.28. The third-order valence-corrected chi connectivity index (χ3v) is 4.49. The first-order valence-electron chi connectivity index (χ1n) is 7.43. The molecule has 0 aliphatic rings. The number of aromatic amines is 1. The van der Waals surface area contributed by atoms with Crippen LogP contribution in [0.3, 0.4) is 0 Å². The third kappa shape index (κ3) is 2.39. The van der Waals surface area contributed by atoms with Crippen LogP contribution in [-0.2, 0) is 0 Å². The number of carbonyl (C=O) groups is 1. The molecule has 2 heterocycles. The number of benzene rings is 1. The summed E-state index contributed by atoms with van der Waals surface area (Å²) in [5.41, 5.74) is 3.40. The van der Waals surface area contributed by atoms with Crippen LogP contribution < -0.4 is 0 Å². The van der Waals surface area contributed by atoms with Crippen molar-refractivity contribution in [1.29, 1.82) is 0 Å². The van der Waals surface area contributed by atoms with Gasteiger partial charge < -0.3 is 9.88 Å². The lowest BCUT2D eigenvalue weighted by Gasteiger charge is -2.18. The molecule has 0 unspecified atom stereocenters. The second-order valence-electron chi connectivity index (χ2n) is 5.31. The molecule has 1 N–H and O–H groups in total. The van der Waals surface area contributed by atoms with Gasteiger partial charge in [0.2, 0.25) is 0 Å². The molecule has 0 fully saturated rings. The number of pyridine rings is 1. The molecule has 0 bridgehead atoms. The van der Waals surface area contributed by atoms with E-state index in [1.807, 2.05) is 39.0 Å². The van der Waals surface area contributed by atoms with E-state index in [-0.39, 0.29) is 5.91 Å². The lowest BCUT2D eigenvalue weighted by atomic mass is 10.1. The first kappa shape index (κ1) is 15.0. The molecule has 4 nitrogen and oxygen atoms in total. The maximum atomic E-state index is 12.6. The van der Waals surface area contributed by atoms with Crippen LogP contribution in [0.25, 0.3) is 21.8 Å². The van der Waals surface area contributed by atoms with Gasteiger partial charge in [0, 0.05) is 33.9 Å². The van der Waals surface area contributed by atoms with Crippen LogP contribution in [0.2, 0.25) is 0 Å². The molecule has 22 heavy (non-hydrogen) atoms. The molecule has 0 aliphatic carbocycles. The first-order valence-corrected chi connectivity index (χ1v) is 8.22. The normalized spacial score (nSPS) is 11.3. The minimum atomic E-state index is -0.0145. The maximum Gasteiger partial charge on any atom is 0.272 e. The smallest absolute Gasteiger partial charge is 0.272 e. The zero-order chi connectivity index (χ0) is 15.9. The largest absolute Gasteiger partial charge is 0.353 e. The molecule has 0 radical (unpaired) electrons. The fourth-order valence-corrected chi connectivity index (χ4v) is 3.17. The molecule has 2 aromatic heterocycles. The fraction of sp³-hybridized carbons (Fsp3) is 0.294. The zero-order valence-corrected chi connectivity index (χ0v) is 14.5. The van der Waals surface area contributed by atoms with E-state index < -0.39 is 0 Å². The summed E-state index contributed by atoms with van der Waals surface area (Å²) < 4.78 is 1.02. The minimum absolute atomic E-state index is 0.0145. The molecule has 3 aromatic rings. The zero-order valence-electron chi connectivity index (χ0n) is 12.9. The highest BCUT2D eigenvalue weighted by Gasteiger charge is 2.17. The number of nitrogens with one attached hydrogen (secondary N) is 1. The molecule has 0 atom stereocenters. The van der Waals surface area contributed by atoms with Crippen LogP contribution in [0, 0.1) is 6.92 Å². The predicted molar refractivity (Wildman–Crippen MR) is 93.3 cm³/mol. The van der Waals surface area contributed by atoms with Gasteiger partial charge in [0.15, 0.2) is 0 Å². The Morgan fingerprint density at radius 3 is 2.64 bits per heavy atom. The van der Waals surface area contributed by atoms with Crippen LogP contribution in [-0.4, -0.2) is 33.9 Å². The molecular formula is C17H18BrN3O. The summed E-state index contributed by atoms with van der Waals surface area (Å²) in [4.78, 5) is 22.3. The number of amides is 1. The van der Waals surface area contributed by atoms with E-state index in [9.17, 15) is 4.79 Å². The van der Waals surface area contributed by atoms with E-state index >= 15 is 0 Å². The number of rotatable bonds is 3. The molecule has 3 rings (SSSR count). The number of carbonyl (C=O) groups excluding carboxylic acids is 1. The number of fused-ring (bicyclic) bond motifs is 3. The standard InChI is InChI=1S/C17H18BrN3O/c1-4-21(5-2)17(22)15-9-13-12-8-11(18)6-7-14(12)20-16(13)10(3)19-15/h6-9,20H,4-5H2,1-3H3. The Balaban J connectivity index is 2.24. The van der Waals surface area contributed by atoms with Gasteiger partial charge in [0.25, 0.3) is 5.91 Å². The van der Waals surface area contributed by atoms with E-state index in [4.69, 9.17) is 0 Å². The third-order valence-electron chi connectivity index (χ3n) is 4.00. The van der Waals surface area contributed by atoms with Crippen LogP contribution >= 0.6 is 15.9 Å². The molecule has 114 valence electrons. The number of aryl methyl sites for hydroxylation is 1. The summed E-state index contributed by atoms with van der Waals surface area (Å²) in [5, 5.41) is 2.14. The van der Waals surface area contributed by atoms with E-state index in [1.165, 1.54) is 0 Å². The molecule has 0 spiro atoms. The van der Waals surface area contributed by atoms with Gasteiger partial charge in [-0.2, -0.15) is 0 Å². The van der Waals surface area contributed by atoms with Gasteiger partial charge >= 0.3 is 0 Å². The van der Waals surface area contributed by atoms with Gasteiger partial charge in [-0.1, -0.05) is 15.9 Å². The van der Waals surface area contributed by atoms with Crippen molar-refractivity contribution in [3.63, 3.8) is 0 Å². The lowest BCUT2D eigenvalue weighted by molar-refractivity contribution is 0.0767. The molecule has 5 heteroatoms. The van der Waals surface area contributed by atoms with Gasteiger partial charge in [0.05, 0.1) is 11.2 Å². The molecule has 0 aliphatic heterocycles. The van der Waals surface area contributed by atoms with Crippen molar-refractivity contribution in [2.45, 2.75) is 20.8 Å². The van der Waals surface area contributed by atoms with Crippen LogP contribution in [0.15, 0.2) is 28.7 Å². The molecule has 1 amide bonds. The number of H-pyrrole nitrogens is 1. The minimum Gasteiger partial charge on any atom is -0.353 e. The van der Waals surface area contributed by atoms with E-state index in [0.29, 0.717) is 18.8 Å². The molecular weight excluding hydrogens is 342 g/mol. The maximum absolute atomic E-state index is 12.6. The average molecular weight is 360 g/mol. The number of halogens is 1. The molecule has 0 saturated heterocycles. The van der Waals surface area contributed by atoms with Crippen molar-refractivity contribution in [3.05, 3.63) is 40.1 Å². The Hall–Kier alpha value is -1.88. The molecule has 0 saturated carbocycles. The summed E-state index contributed by atoms with van der Waals surface area (Å²) in [7, 11) is 0. The Bertz CT molecular complexity index is 865. The lowest BCUT2D eigenvalue weighted by Crippen LogP contribution is -2.31. The monoisotopic (exact) mass is 359 g/mol. The second kappa shape index (κ2) is 5.72. The number of aromatic nitrogens is 2. The van der Waals surface area contributed by atoms with Gasteiger partial charge in [-0.3, -0.25) is 4.79 Å². The van der Waals surface area contributed by atoms with Gasteiger partial charge in [0.1, 0.15) is 5.69 Å². The van der Waals surface area contributed by atoms with Crippen molar-refractivity contribution in [2.75, 3.05) is 13.1 Å². The van der Waals surface area contributed by atoms with Gasteiger partial charge in [-0.25, -0.2) is 4.98 Å². The van der Waals surface area contributed by atoms with Crippen LogP contribution in [0.1, 0.15) is 30.0 Å². The average Bonchev–Trinajstić information content (AvgIpc) is 2.87. The SMILES string of the molecule is CCN(CC)C(=O)c1cc2c([nH]c3ccc(Br)cc32)c(C)n1. The Morgan fingerprint density at radius 1 is 1.23 bits per heavy atom. The van der Waals surface area contributed by atoms with E-state index in [2.05, 4.69) is 32.0 Å². The van der Waals surface area contributed by atoms with E-state index in [0.717, 1.165) is 32.0 Å². The summed E-state index contributed by atoms with van der Waals surface area (Å²) >= 11 is 3.51. The number of nitrogens with zero attached hydrogens (tertiary/aromatic N) is 2. The fourth-order valence-electron chi connectivity index (χ4n) is 2.81. The van der Waals surface area contributed by atoms with E-state index in [1.54, 1.807) is 4.90 Å². The molecule has 1 aromatic carbocycles. The van der Waals surface area contributed by atoms with Crippen molar-refractivity contribution in [3.8, 4) is 0 Å². The Morgan fingerprint density at radius 2 is 1.95 bits per heavy atom. The highest BCUT2D eigenvalue weighted by atomic mass is 79.9. The van der Waals surface area contributed by atoms with Gasteiger partial charge in [-0.15, -0.1) is 0 Å². The summed E-state index contributed by atoms with van der Waals surface area (Å²) in [6, 6.07) is 8.00. The Labute approximate surface area is 137 Å². The topological polar surface area (TPSA) is 49.0 Å². The van der Waals surface area contributed by atoms with Gasteiger partial charge in [-0.05, 0) is 45.0 Å². The van der Waals surface area contributed by atoms with Crippen molar-refractivity contribution in [2.24, 2.45) is 0 Å². The summed E-state index contributed by atoms with van der Waals surface area (Å²) in [6.07, 6.45) is 0. The van der Waals surface area contributed by atoms with Crippen LogP contribution in [0.4, 0.5) is 0 Å². The Kier molecular flexibility index (Phi) is 3.91. The van der Waals surface area contributed by atoms with Crippen molar-refractivity contribution >= 4 is 43.6 Å². The predicted octanol–water partition coefficient (Wildman–Crippen LogP) is 4.27. The quantitative estimate of drug-likeness (QED) is 0.758. The summed E-state index contributed by atoms with van der Waals surface area (Å²) in [5.74, 6) is -0.0145. The van der Waals surface area contributed by atoms with Crippen molar-refractivity contribution < 1.29 is 4.79 Å². The number of hydrogen-bond acceptors (Lipinski definition) is 2. The first-order chi connectivity index (χ1) is 10.5.